The molecule has 1 unspecified atom stereocenters. The SMILES string of the molecule is O=C(c1cccnc1Cl)N1CCN(C(c2ccccc2)c2ccc(Br)cc2)CC1. The van der Waals surface area contributed by atoms with Crippen molar-refractivity contribution in [1.29, 1.82) is 0 Å². The van der Waals surface area contributed by atoms with Crippen LogP contribution in [-0.2, 0) is 0 Å². The molecule has 4 rings (SSSR count). The zero-order valence-electron chi connectivity index (χ0n) is 15.8. The molecule has 4 nitrogen and oxygen atoms in total. The zero-order chi connectivity index (χ0) is 20.2. The first kappa shape index (κ1) is 20.1. The van der Waals surface area contributed by atoms with Gasteiger partial charge in [-0.25, -0.2) is 4.98 Å². The number of carbonyl (C=O) groups is 1. The number of hydrogen-bond acceptors (Lipinski definition) is 3. The third-order valence-corrected chi connectivity index (χ3v) is 6.09. The van der Waals surface area contributed by atoms with Gasteiger partial charge in [-0.1, -0.05) is 70.0 Å². The summed E-state index contributed by atoms with van der Waals surface area (Å²) in [6.07, 6.45) is 1.60. The van der Waals surface area contributed by atoms with E-state index in [4.69, 9.17) is 11.6 Å². The molecule has 1 atom stereocenters. The third-order valence-electron chi connectivity index (χ3n) is 5.26. The smallest absolute Gasteiger partial charge is 0.257 e. The molecule has 3 aromatic rings. The maximum Gasteiger partial charge on any atom is 0.257 e. The van der Waals surface area contributed by atoms with Gasteiger partial charge in [-0.15, -0.1) is 0 Å². The number of nitrogens with zero attached hydrogens (tertiary/aromatic N) is 3. The third kappa shape index (κ3) is 4.53. The Morgan fingerprint density at radius 2 is 1.55 bits per heavy atom. The van der Waals surface area contributed by atoms with Crippen molar-refractivity contribution >= 4 is 33.4 Å². The molecule has 0 saturated carbocycles. The Bertz CT molecular complexity index is 973. The van der Waals surface area contributed by atoms with E-state index in [1.165, 1.54) is 11.1 Å². The molecule has 0 aliphatic carbocycles. The van der Waals surface area contributed by atoms with Crippen molar-refractivity contribution in [3.8, 4) is 0 Å². The fraction of sp³-hybridized carbons (Fsp3) is 0.217. The molecule has 2 aromatic carbocycles. The summed E-state index contributed by atoms with van der Waals surface area (Å²) in [5, 5.41) is 0.261. The lowest BCUT2D eigenvalue weighted by Gasteiger charge is -2.39. The van der Waals surface area contributed by atoms with E-state index in [2.05, 4.69) is 74.3 Å². The predicted molar refractivity (Wildman–Crippen MR) is 119 cm³/mol. The summed E-state index contributed by atoms with van der Waals surface area (Å²) < 4.78 is 1.07. The van der Waals surface area contributed by atoms with E-state index in [0.29, 0.717) is 18.7 Å². The summed E-state index contributed by atoms with van der Waals surface area (Å²) in [7, 11) is 0. The molecule has 6 heteroatoms. The Hall–Kier alpha value is -2.21. The van der Waals surface area contributed by atoms with Crippen LogP contribution in [0.25, 0.3) is 0 Å². The average molecular weight is 471 g/mol. The molecule has 1 saturated heterocycles. The Labute approximate surface area is 184 Å². The molecule has 1 fully saturated rings. The van der Waals surface area contributed by atoms with Gasteiger partial charge in [0.25, 0.3) is 5.91 Å². The maximum atomic E-state index is 12.9. The fourth-order valence-corrected chi connectivity index (χ4v) is 4.26. The van der Waals surface area contributed by atoms with Crippen LogP contribution in [-0.4, -0.2) is 46.9 Å². The van der Waals surface area contributed by atoms with Gasteiger partial charge in [0.15, 0.2) is 0 Å². The van der Waals surface area contributed by atoms with Crippen molar-refractivity contribution in [2.45, 2.75) is 6.04 Å². The van der Waals surface area contributed by atoms with Crippen LogP contribution in [0.5, 0.6) is 0 Å². The molecular formula is C23H21BrClN3O. The number of amides is 1. The van der Waals surface area contributed by atoms with Gasteiger partial charge in [-0.05, 0) is 35.4 Å². The van der Waals surface area contributed by atoms with E-state index < -0.39 is 0 Å². The highest BCUT2D eigenvalue weighted by atomic mass is 79.9. The highest BCUT2D eigenvalue weighted by Crippen LogP contribution is 2.30. The molecule has 1 amide bonds. The number of aromatic nitrogens is 1. The summed E-state index contributed by atoms with van der Waals surface area (Å²) in [6.45, 7) is 2.90. The van der Waals surface area contributed by atoms with Gasteiger partial charge in [0.1, 0.15) is 5.15 Å². The van der Waals surface area contributed by atoms with Crippen molar-refractivity contribution in [2.24, 2.45) is 0 Å². The van der Waals surface area contributed by atoms with Crippen molar-refractivity contribution in [2.75, 3.05) is 26.2 Å². The van der Waals surface area contributed by atoms with Crippen LogP contribution >= 0.6 is 27.5 Å². The summed E-state index contributed by atoms with van der Waals surface area (Å²) in [6, 6.07) is 22.6. The average Bonchev–Trinajstić information content (AvgIpc) is 2.76. The van der Waals surface area contributed by atoms with Gasteiger partial charge in [-0.3, -0.25) is 9.69 Å². The summed E-state index contributed by atoms with van der Waals surface area (Å²) in [4.78, 5) is 21.2. The van der Waals surface area contributed by atoms with E-state index in [1.807, 2.05) is 11.0 Å². The van der Waals surface area contributed by atoms with Crippen LogP contribution in [0.1, 0.15) is 27.5 Å². The zero-order valence-corrected chi connectivity index (χ0v) is 18.2. The van der Waals surface area contributed by atoms with E-state index in [-0.39, 0.29) is 17.1 Å². The second-order valence-electron chi connectivity index (χ2n) is 7.03. The minimum absolute atomic E-state index is 0.0531. The minimum Gasteiger partial charge on any atom is -0.336 e. The van der Waals surface area contributed by atoms with E-state index in [0.717, 1.165) is 17.6 Å². The van der Waals surface area contributed by atoms with Crippen molar-refractivity contribution in [1.82, 2.24) is 14.8 Å². The first-order valence-electron chi connectivity index (χ1n) is 9.58. The molecule has 1 aliphatic rings. The number of rotatable bonds is 4. The Morgan fingerprint density at radius 3 is 2.21 bits per heavy atom. The largest absolute Gasteiger partial charge is 0.336 e. The van der Waals surface area contributed by atoms with Gasteiger partial charge >= 0.3 is 0 Å². The van der Waals surface area contributed by atoms with Crippen LogP contribution < -0.4 is 0 Å². The van der Waals surface area contributed by atoms with E-state index >= 15 is 0 Å². The highest BCUT2D eigenvalue weighted by molar-refractivity contribution is 9.10. The van der Waals surface area contributed by atoms with Gasteiger partial charge in [0, 0.05) is 36.8 Å². The first-order valence-corrected chi connectivity index (χ1v) is 10.7. The lowest BCUT2D eigenvalue weighted by Crippen LogP contribution is -2.50. The molecule has 0 spiro atoms. The van der Waals surface area contributed by atoms with E-state index in [1.54, 1.807) is 18.3 Å². The standard InChI is InChI=1S/C23H21BrClN3O/c24-19-10-8-18(9-11-19)21(17-5-2-1-3-6-17)27-13-15-28(16-14-27)23(29)20-7-4-12-26-22(20)25/h1-12,21H,13-16H2. The summed E-state index contributed by atoms with van der Waals surface area (Å²) in [5.41, 5.74) is 2.97. The topological polar surface area (TPSA) is 36.4 Å². The Balaban J connectivity index is 1.53. The number of pyridine rings is 1. The second-order valence-corrected chi connectivity index (χ2v) is 8.31. The Morgan fingerprint density at radius 1 is 0.897 bits per heavy atom. The van der Waals surface area contributed by atoms with Crippen LogP contribution in [0.2, 0.25) is 5.15 Å². The molecule has 0 radical (unpaired) electrons. The summed E-state index contributed by atoms with van der Waals surface area (Å²) >= 11 is 9.64. The molecule has 2 heterocycles. The monoisotopic (exact) mass is 469 g/mol. The van der Waals surface area contributed by atoms with Crippen LogP contribution in [0.15, 0.2) is 77.4 Å². The van der Waals surface area contributed by atoms with E-state index in [9.17, 15) is 4.79 Å². The number of hydrogen-bond donors (Lipinski definition) is 0. The number of halogens is 2. The molecule has 29 heavy (non-hydrogen) atoms. The van der Waals surface area contributed by atoms with Crippen LogP contribution in [0, 0.1) is 0 Å². The lowest BCUT2D eigenvalue weighted by atomic mass is 9.96. The van der Waals surface area contributed by atoms with Crippen molar-refractivity contribution in [3.05, 3.63) is 99.2 Å². The first-order chi connectivity index (χ1) is 14.1. The van der Waals surface area contributed by atoms with Crippen molar-refractivity contribution in [3.63, 3.8) is 0 Å². The molecular weight excluding hydrogens is 450 g/mol. The Kier molecular flexibility index (Phi) is 6.28. The van der Waals surface area contributed by atoms with Gasteiger partial charge in [0.2, 0.25) is 0 Å². The molecule has 0 bridgehead atoms. The van der Waals surface area contributed by atoms with Gasteiger partial charge < -0.3 is 4.90 Å². The molecule has 1 aliphatic heterocycles. The fourth-order valence-electron chi connectivity index (χ4n) is 3.79. The second kappa shape index (κ2) is 9.08. The number of carbonyl (C=O) groups excluding carboxylic acids is 1. The van der Waals surface area contributed by atoms with Crippen molar-refractivity contribution < 1.29 is 4.79 Å². The normalized spacial score (nSPS) is 15.9. The van der Waals surface area contributed by atoms with Gasteiger partial charge in [0.05, 0.1) is 11.6 Å². The summed E-state index contributed by atoms with van der Waals surface area (Å²) in [5.74, 6) is -0.0531. The van der Waals surface area contributed by atoms with Crippen LogP contribution in [0.3, 0.4) is 0 Å². The lowest BCUT2D eigenvalue weighted by molar-refractivity contribution is 0.0597. The number of benzene rings is 2. The molecule has 0 N–H and O–H groups in total. The molecule has 1 aromatic heterocycles. The minimum atomic E-state index is -0.0531. The predicted octanol–water partition coefficient (Wildman–Crippen LogP) is 5.04. The van der Waals surface area contributed by atoms with Gasteiger partial charge in [-0.2, -0.15) is 0 Å². The highest BCUT2D eigenvalue weighted by Gasteiger charge is 2.29. The quantitative estimate of drug-likeness (QED) is 0.501. The number of piperazine rings is 1. The maximum absolute atomic E-state index is 12.9. The van der Waals surface area contributed by atoms with Crippen LogP contribution in [0.4, 0.5) is 0 Å². The molecule has 148 valence electrons.